The Morgan fingerprint density at radius 3 is 2.50 bits per heavy atom. The molecule has 0 aliphatic rings. The van der Waals surface area contributed by atoms with Crippen LogP contribution in [0.1, 0.15) is 0 Å². The minimum absolute atomic E-state index is 0.00815. The smallest absolute Gasteiger partial charge is 0.194 e. The molecule has 3 aromatic rings. The molecule has 0 saturated carbocycles. The van der Waals surface area contributed by atoms with E-state index in [2.05, 4.69) is 15.9 Å². The summed E-state index contributed by atoms with van der Waals surface area (Å²) in [5, 5.41) is 3.70. The number of rotatable bonds is 0. The van der Waals surface area contributed by atoms with E-state index in [0.29, 0.717) is 15.8 Å². The van der Waals surface area contributed by atoms with E-state index in [-0.39, 0.29) is 5.43 Å². The van der Waals surface area contributed by atoms with Gasteiger partial charge in [-0.05, 0) is 29.0 Å². The number of benzene rings is 2. The van der Waals surface area contributed by atoms with Gasteiger partial charge in [0.2, 0.25) is 0 Å². The third-order valence-electron chi connectivity index (χ3n) is 2.97. The summed E-state index contributed by atoms with van der Waals surface area (Å²) < 4.78 is 0.896. The van der Waals surface area contributed by atoms with Crippen LogP contribution in [0.15, 0.2) is 57.8 Å². The average Bonchev–Trinajstić information content (AvgIpc) is 2.47. The van der Waals surface area contributed by atoms with Gasteiger partial charge in [0.25, 0.3) is 0 Å². The summed E-state index contributed by atoms with van der Waals surface area (Å²) >= 11 is 9.51. The molecule has 88 valence electrons. The summed E-state index contributed by atoms with van der Waals surface area (Å²) in [5.74, 6) is 0. The number of hydrogen-bond acceptors (Lipinski definition) is 1. The van der Waals surface area contributed by atoms with Crippen LogP contribution in [0.3, 0.4) is 0 Å². The second kappa shape index (κ2) is 4.38. The standard InChI is InChI=1S/C15H8BrClO/c16-14-7-9-3-1-2-4-11(9)15(18)13-8-10(17)5-6-12(13)14/h1-8H. The van der Waals surface area contributed by atoms with E-state index in [1.807, 2.05) is 36.4 Å². The summed E-state index contributed by atoms with van der Waals surface area (Å²) in [4.78, 5) is 12.5. The fourth-order valence-electron chi connectivity index (χ4n) is 2.10. The Balaban J connectivity index is 2.70. The second-order valence-electron chi connectivity index (χ2n) is 4.10. The van der Waals surface area contributed by atoms with Gasteiger partial charge in [0.1, 0.15) is 0 Å². The summed E-state index contributed by atoms with van der Waals surface area (Å²) in [7, 11) is 0. The number of hydrogen-bond donors (Lipinski definition) is 0. The maximum atomic E-state index is 12.5. The molecule has 0 bridgehead atoms. The van der Waals surface area contributed by atoms with Gasteiger partial charge in [-0.15, -0.1) is 0 Å². The minimum atomic E-state index is 0.00815. The summed E-state index contributed by atoms with van der Waals surface area (Å²) in [5.41, 5.74) is 0.00815. The topological polar surface area (TPSA) is 17.1 Å². The predicted octanol–water partition coefficient (Wildman–Crippen LogP) is 4.77. The molecule has 0 aliphatic carbocycles. The van der Waals surface area contributed by atoms with Gasteiger partial charge in [-0.1, -0.05) is 57.9 Å². The lowest BCUT2D eigenvalue weighted by Crippen LogP contribution is -1.97. The van der Waals surface area contributed by atoms with Gasteiger partial charge >= 0.3 is 0 Å². The highest BCUT2D eigenvalue weighted by atomic mass is 79.9. The fourth-order valence-corrected chi connectivity index (χ4v) is 2.87. The molecule has 0 aliphatic heterocycles. The Hall–Kier alpha value is -1.38. The lowest BCUT2D eigenvalue weighted by atomic mass is 10.1. The van der Waals surface area contributed by atoms with Crippen molar-refractivity contribution in [2.24, 2.45) is 0 Å². The van der Waals surface area contributed by atoms with Gasteiger partial charge in [0.05, 0.1) is 0 Å². The molecule has 0 N–H and O–H groups in total. The highest BCUT2D eigenvalue weighted by Crippen LogP contribution is 2.26. The first-order valence-corrected chi connectivity index (χ1v) is 6.65. The first-order chi connectivity index (χ1) is 8.66. The third-order valence-corrected chi connectivity index (χ3v) is 3.86. The van der Waals surface area contributed by atoms with Crippen LogP contribution in [0, 0.1) is 0 Å². The van der Waals surface area contributed by atoms with Crippen molar-refractivity contribution < 1.29 is 0 Å². The summed E-state index contributed by atoms with van der Waals surface area (Å²) in [6.07, 6.45) is 0. The molecule has 0 heterocycles. The molecule has 0 atom stereocenters. The molecule has 0 fully saturated rings. The lowest BCUT2D eigenvalue weighted by molar-refractivity contribution is 1.74. The van der Waals surface area contributed by atoms with Gasteiger partial charge in [0, 0.05) is 20.3 Å². The van der Waals surface area contributed by atoms with Crippen molar-refractivity contribution in [2.75, 3.05) is 0 Å². The van der Waals surface area contributed by atoms with Crippen molar-refractivity contribution in [3.8, 4) is 0 Å². The van der Waals surface area contributed by atoms with Crippen molar-refractivity contribution in [3.05, 3.63) is 68.2 Å². The van der Waals surface area contributed by atoms with Crippen LogP contribution < -0.4 is 5.43 Å². The maximum absolute atomic E-state index is 12.5. The van der Waals surface area contributed by atoms with E-state index in [4.69, 9.17) is 11.6 Å². The second-order valence-corrected chi connectivity index (χ2v) is 5.39. The molecule has 0 aromatic heterocycles. The quantitative estimate of drug-likeness (QED) is 0.583. The molecule has 3 heteroatoms. The lowest BCUT2D eigenvalue weighted by Gasteiger charge is -1.94. The Kier molecular flexibility index (Phi) is 2.84. The van der Waals surface area contributed by atoms with Gasteiger partial charge in [-0.25, -0.2) is 0 Å². The van der Waals surface area contributed by atoms with Gasteiger partial charge < -0.3 is 0 Å². The highest BCUT2D eigenvalue weighted by Gasteiger charge is 2.06. The SMILES string of the molecule is O=c1c2ccccc2cc(Br)c2ccc(Cl)cc12. The zero-order valence-corrected chi connectivity index (χ0v) is 11.6. The van der Waals surface area contributed by atoms with Crippen molar-refractivity contribution in [1.82, 2.24) is 0 Å². The number of halogens is 2. The zero-order chi connectivity index (χ0) is 12.7. The molecule has 3 aromatic carbocycles. The average molecular weight is 320 g/mol. The van der Waals surface area contributed by atoms with Crippen LogP contribution in [0.25, 0.3) is 21.5 Å². The van der Waals surface area contributed by atoms with Crippen LogP contribution in [-0.4, -0.2) is 0 Å². The molecule has 0 unspecified atom stereocenters. The van der Waals surface area contributed by atoms with E-state index in [1.165, 1.54) is 0 Å². The Morgan fingerprint density at radius 1 is 0.889 bits per heavy atom. The van der Waals surface area contributed by atoms with Crippen LogP contribution in [-0.2, 0) is 0 Å². The summed E-state index contributed by atoms with van der Waals surface area (Å²) in [6, 6.07) is 14.9. The van der Waals surface area contributed by atoms with Crippen molar-refractivity contribution in [3.63, 3.8) is 0 Å². The molecule has 0 radical (unpaired) electrons. The van der Waals surface area contributed by atoms with Gasteiger partial charge in [0.15, 0.2) is 5.43 Å². The highest BCUT2D eigenvalue weighted by molar-refractivity contribution is 9.10. The largest absolute Gasteiger partial charge is 0.289 e. The molecule has 18 heavy (non-hydrogen) atoms. The van der Waals surface area contributed by atoms with E-state index in [0.717, 1.165) is 15.2 Å². The van der Waals surface area contributed by atoms with Crippen LogP contribution in [0.5, 0.6) is 0 Å². The molecule has 1 nitrogen and oxygen atoms in total. The van der Waals surface area contributed by atoms with Gasteiger partial charge in [-0.2, -0.15) is 0 Å². The first-order valence-electron chi connectivity index (χ1n) is 5.47. The number of fused-ring (bicyclic) bond motifs is 2. The molecular weight excluding hydrogens is 312 g/mol. The van der Waals surface area contributed by atoms with E-state index >= 15 is 0 Å². The van der Waals surface area contributed by atoms with Crippen LogP contribution >= 0.6 is 27.5 Å². The van der Waals surface area contributed by atoms with E-state index < -0.39 is 0 Å². The Morgan fingerprint density at radius 2 is 1.67 bits per heavy atom. The molecule has 0 saturated heterocycles. The van der Waals surface area contributed by atoms with Crippen molar-refractivity contribution in [2.45, 2.75) is 0 Å². The first kappa shape index (κ1) is 11.7. The summed E-state index contributed by atoms with van der Waals surface area (Å²) in [6.45, 7) is 0. The van der Waals surface area contributed by atoms with Crippen molar-refractivity contribution >= 4 is 49.1 Å². The van der Waals surface area contributed by atoms with Crippen molar-refractivity contribution in [1.29, 1.82) is 0 Å². The maximum Gasteiger partial charge on any atom is 0.194 e. The predicted molar refractivity (Wildman–Crippen MR) is 80.4 cm³/mol. The monoisotopic (exact) mass is 318 g/mol. The van der Waals surface area contributed by atoms with E-state index in [1.54, 1.807) is 12.1 Å². The molecule has 3 rings (SSSR count). The molecule has 0 amide bonds. The van der Waals surface area contributed by atoms with E-state index in [9.17, 15) is 4.79 Å². The third kappa shape index (κ3) is 1.82. The van der Waals surface area contributed by atoms with Crippen LogP contribution in [0.4, 0.5) is 0 Å². The van der Waals surface area contributed by atoms with Gasteiger partial charge in [-0.3, -0.25) is 4.79 Å². The zero-order valence-electron chi connectivity index (χ0n) is 9.28. The fraction of sp³-hybridized carbons (Fsp3) is 0. The van der Waals surface area contributed by atoms with Crippen LogP contribution in [0.2, 0.25) is 5.02 Å². The molecule has 0 spiro atoms. The Labute approximate surface area is 117 Å². The Bertz CT molecular complexity index is 827. The normalized spacial score (nSPS) is 11.0. The minimum Gasteiger partial charge on any atom is -0.289 e. The molecular formula is C15H8BrClO.